The maximum atomic E-state index is 13.2. The van der Waals surface area contributed by atoms with Gasteiger partial charge >= 0.3 is 6.09 Å². The van der Waals surface area contributed by atoms with Crippen LogP contribution in [0.5, 0.6) is 11.5 Å². The Balaban J connectivity index is 1.67. The van der Waals surface area contributed by atoms with E-state index in [1.165, 1.54) is 0 Å². The third-order valence-corrected chi connectivity index (χ3v) is 5.23. The third-order valence-electron chi connectivity index (χ3n) is 5.23. The van der Waals surface area contributed by atoms with E-state index in [0.29, 0.717) is 13.0 Å². The van der Waals surface area contributed by atoms with Crippen LogP contribution >= 0.6 is 0 Å². The summed E-state index contributed by atoms with van der Waals surface area (Å²) in [6.07, 6.45) is -0.0935. The van der Waals surface area contributed by atoms with E-state index in [0.717, 1.165) is 28.2 Å². The molecule has 0 saturated carbocycles. The quantitative estimate of drug-likeness (QED) is 0.418. The van der Waals surface area contributed by atoms with Crippen molar-refractivity contribution in [3.05, 3.63) is 95.6 Å². The Bertz CT molecular complexity index is 1090. The standard InChI is InChI=1S/C29H33NO5/c1-29(2,3)35-28(32)30-26(27(31)19-22-10-14-24(33-4)15-11-22)18-21-12-16-25(17-13-21)34-20-23-8-6-5-7-9-23/h5-17,26H,18-20H2,1-4H3,(H,30,32). The molecule has 0 fully saturated rings. The Morgan fingerprint density at radius 1 is 0.800 bits per heavy atom. The number of carbonyl (C=O) groups is 2. The lowest BCUT2D eigenvalue weighted by Crippen LogP contribution is -2.45. The van der Waals surface area contributed by atoms with Crippen molar-refractivity contribution in [3.63, 3.8) is 0 Å². The first-order chi connectivity index (χ1) is 16.7. The van der Waals surface area contributed by atoms with E-state index >= 15 is 0 Å². The van der Waals surface area contributed by atoms with Crippen LogP contribution in [0.1, 0.15) is 37.5 Å². The summed E-state index contributed by atoms with van der Waals surface area (Å²) in [5.41, 5.74) is 2.17. The first-order valence-corrected chi connectivity index (χ1v) is 11.6. The predicted octanol–water partition coefficient (Wildman–Crippen LogP) is 5.52. The molecule has 0 bridgehead atoms. The minimum Gasteiger partial charge on any atom is -0.497 e. The average molecular weight is 476 g/mol. The van der Waals surface area contributed by atoms with Crippen LogP contribution in [0.15, 0.2) is 78.9 Å². The highest BCUT2D eigenvalue weighted by atomic mass is 16.6. The number of methoxy groups -OCH3 is 1. The molecule has 0 aliphatic heterocycles. The second-order valence-electron chi connectivity index (χ2n) is 9.31. The van der Waals surface area contributed by atoms with Gasteiger partial charge in [0.25, 0.3) is 0 Å². The fraction of sp³-hybridized carbons (Fsp3) is 0.310. The zero-order valence-corrected chi connectivity index (χ0v) is 20.7. The van der Waals surface area contributed by atoms with E-state index in [1.54, 1.807) is 27.9 Å². The molecule has 0 radical (unpaired) electrons. The van der Waals surface area contributed by atoms with Gasteiger partial charge in [0.15, 0.2) is 5.78 Å². The largest absolute Gasteiger partial charge is 0.497 e. The smallest absolute Gasteiger partial charge is 0.408 e. The van der Waals surface area contributed by atoms with Crippen molar-refractivity contribution in [1.82, 2.24) is 5.32 Å². The van der Waals surface area contributed by atoms with Gasteiger partial charge in [-0.15, -0.1) is 0 Å². The molecule has 3 aromatic rings. The molecule has 1 amide bonds. The second-order valence-corrected chi connectivity index (χ2v) is 9.31. The average Bonchev–Trinajstić information content (AvgIpc) is 2.83. The number of ketones is 1. The van der Waals surface area contributed by atoms with Crippen LogP contribution in [0.2, 0.25) is 0 Å². The molecular weight excluding hydrogens is 442 g/mol. The van der Waals surface area contributed by atoms with Crippen molar-refractivity contribution in [2.75, 3.05) is 7.11 Å². The maximum absolute atomic E-state index is 13.2. The molecule has 184 valence electrons. The second kappa shape index (κ2) is 12.1. The van der Waals surface area contributed by atoms with Crippen LogP contribution in [0.3, 0.4) is 0 Å². The summed E-state index contributed by atoms with van der Waals surface area (Å²) in [7, 11) is 1.60. The maximum Gasteiger partial charge on any atom is 0.408 e. The van der Waals surface area contributed by atoms with Gasteiger partial charge in [-0.3, -0.25) is 4.79 Å². The lowest BCUT2D eigenvalue weighted by atomic mass is 9.97. The van der Waals surface area contributed by atoms with Gasteiger partial charge in [0.05, 0.1) is 13.2 Å². The molecule has 3 aromatic carbocycles. The number of nitrogens with one attached hydrogen (secondary N) is 1. The third kappa shape index (κ3) is 8.81. The van der Waals surface area contributed by atoms with Gasteiger partial charge in [-0.1, -0.05) is 54.6 Å². The molecule has 0 aromatic heterocycles. The summed E-state index contributed by atoms with van der Waals surface area (Å²) in [4.78, 5) is 25.6. The molecular formula is C29H33NO5. The van der Waals surface area contributed by atoms with E-state index in [1.807, 2.05) is 78.9 Å². The molecule has 6 nitrogen and oxygen atoms in total. The molecule has 0 aliphatic carbocycles. The van der Waals surface area contributed by atoms with Gasteiger partial charge < -0.3 is 19.5 Å². The van der Waals surface area contributed by atoms with Gasteiger partial charge in [0.1, 0.15) is 23.7 Å². The Morgan fingerprint density at radius 2 is 1.40 bits per heavy atom. The normalized spacial score (nSPS) is 11.9. The fourth-order valence-electron chi connectivity index (χ4n) is 3.46. The summed E-state index contributed by atoms with van der Waals surface area (Å²) in [6, 6.07) is 24.1. The van der Waals surface area contributed by atoms with E-state index in [4.69, 9.17) is 14.2 Å². The minimum atomic E-state index is -0.733. The molecule has 1 unspecified atom stereocenters. The summed E-state index contributed by atoms with van der Waals surface area (Å²) < 4.78 is 16.4. The van der Waals surface area contributed by atoms with Crippen molar-refractivity contribution in [2.45, 2.75) is 51.9 Å². The van der Waals surface area contributed by atoms with E-state index < -0.39 is 17.7 Å². The number of hydrogen-bond acceptors (Lipinski definition) is 5. The topological polar surface area (TPSA) is 73.9 Å². The first-order valence-electron chi connectivity index (χ1n) is 11.6. The molecule has 0 heterocycles. The van der Waals surface area contributed by atoms with Gasteiger partial charge in [0, 0.05) is 6.42 Å². The highest BCUT2D eigenvalue weighted by Crippen LogP contribution is 2.17. The summed E-state index contributed by atoms with van der Waals surface area (Å²) in [6.45, 7) is 5.84. The van der Waals surface area contributed by atoms with Crippen LogP contribution in [0, 0.1) is 0 Å². The zero-order chi connectivity index (χ0) is 25.3. The summed E-state index contributed by atoms with van der Waals surface area (Å²) in [5.74, 6) is 1.35. The van der Waals surface area contributed by atoms with Crippen LogP contribution < -0.4 is 14.8 Å². The lowest BCUT2D eigenvalue weighted by Gasteiger charge is -2.23. The van der Waals surface area contributed by atoms with Crippen molar-refractivity contribution >= 4 is 11.9 Å². The monoisotopic (exact) mass is 475 g/mol. The van der Waals surface area contributed by atoms with Crippen molar-refractivity contribution in [3.8, 4) is 11.5 Å². The number of amides is 1. The van der Waals surface area contributed by atoms with Crippen LogP contribution in [0.25, 0.3) is 0 Å². The number of alkyl carbamates (subject to hydrolysis) is 1. The highest BCUT2D eigenvalue weighted by molar-refractivity contribution is 5.89. The van der Waals surface area contributed by atoms with Crippen LogP contribution in [-0.4, -0.2) is 30.6 Å². The SMILES string of the molecule is COc1ccc(CC(=O)C(Cc2ccc(OCc3ccccc3)cc2)NC(=O)OC(C)(C)C)cc1. The van der Waals surface area contributed by atoms with E-state index in [2.05, 4.69) is 5.32 Å². The predicted molar refractivity (Wildman–Crippen MR) is 136 cm³/mol. The van der Waals surface area contributed by atoms with Gasteiger partial charge in [-0.25, -0.2) is 4.79 Å². The number of Topliss-reactive ketones (excluding diaryl/α,β-unsaturated/α-hetero) is 1. The number of ether oxygens (including phenoxy) is 3. The molecule has 1 N–H and O–H groups in total. The minimum absolute atomic E-state index is 0.106. The Morgan fingerprint density at radius 3 is 2.00 bits per heavy atom. The van der Waals surface area contributed by atoms with Crippen molar-refractivity contribution in [2.24, 2.45) is 0 Å². The molecule has 35 heavy (non-hydrogen) atoms. The molecule has 3 rings (SSSR count). The van der Waals surface area contributed by atoms with E-state index in [9.17, 15) is 9.59 Å². The number of rotatable bonds is 10. The molecule has 0 saturated heterocycles. The summed E-state index contributed by atoms with van der Waals surface area (Å²) >= 11 is 0. The van der Waals surface area contributed by atoms with E-state index in [-0.39, 0.29) is 12.2 Å². The molecule has 6 heteroatoms. The fourth-order valence-corrected chi connectivity index (χ4v) is 3.46. The Kier molecular flexibility index (Phi) is 8.90. The lowest BCUT2D eigenvalue weighted by molar-refractivity contribution is -0.120. The molecule has 0 spiro atoms. The first kappa shape index (κ1) is 25.8. The van der Waals surface area contributed by atoms with Crippen LogP contribution in [0.4, 0.5) is 4.79 Å². The van der Waals surface area contributed by atoms with Crippen molar-refractivity contribution in [1.29, 1.82) is 0 Å². The molecule has 0 aliphatic rings. The Hall–Kier alpha value is -3.80. The van der Waals surface area contributed by atoms with Crippen molar-refractivity contribution < 1.29 is 23.8 Å². The number of benzene rings is 3. The Labute approximate surface area is 207 Å². The molecule has 1 atom stereocenters. The van der Waals surface area contributed by atoms with Gasteiger partial charge in [-0.05, 0) is 68.1 Å². The summed E-state index contributed by atoms with van der Waals surface area (Å²) in [5, 5.41) is 2.76. The zero-order valence-electron chi connectivity index (χ0n) is 20.7. The van der Waals surface area contributed by atoms with Gasteiger partial charge in [-0.2, -0.15) is 0 Å². The van der Waals surface area contributed by atoms with Crippen LogP contribution in [-0.2, 0) is 29.0 Å². The van der Waals surface area contributed by atoms with Gasteiger partial charge in [0.2, 0.25) is 0 Å². The highest BCUT2D eigenvalue weighted by Gasteiger charge is 2.25. The number of hydrogen-bond donors (Lipinski definition) is 1. The number of carbonyl (C=O) groups excluding carboxylic acids is 2.